The summed E-state index contributed by atoms with van der Waals surface area (Å²) in [5.74, 6) is 2.41. The number of thiophene rings is 1. The van der Waals surface area contributed by atoms with Crippen LogP contribution in [0.5, 0.6) is 0 Å². The lowest BCUT2D eigenvalue weighted by Gasteiger charge is -2.14. The predicted molar refractivity (Wildman–Crippen MR) is 162 cm³/mol. The van der Waals surface area contributed by atoms with Gasteiger partial charge in [-0.25, -0.2) is 13.2 Å². The van der Waals surface area contributed by atoms with Gasteiger partial charge in [0.1, 0.15) is 4.21 Å². The zero-order chi connectivity index (χ0) is 27.4. The lowest BCUT2D eigenvalue weighted by atomic mass is 10.1. The Morgan fingerprint density at radius 3 is 2.41 bits per heavy atom. The lowest BCUT2D eigenvalue weighted by molar-refractivity contribution is 0.0951. The molecule has 1 aromatic heterocycles. The van der Waals surface area contributed by atoms with Crippen molar-refractivity contribution >= 4 is 85.1 Å². The maximum Gasteiger partial charge on any atom is 0.337 e. The van der Waals surface area contributed by atoms with Gasteiger partial charge in [0, 0.05) is 38.1 Å². The molecule has 2 aliphatic heterocycles. The highest BCUT2D eigenvalue weighted by molar-refractivity contribution is 8.19. The van der Waals surface area contributed by atoms with Crippen molar-refractivity contribution in [1.29, 1.82) is 0 Å². The Kier molecular flexibility index (Phi) is 9.16. The van der Waals surface area contributed by atoms with E-state index in [0.717, 1.165) is 21.8 Å². The van der Waals surface area contributed by atoms with Crippen LogP contribution in [-0.4, -0.2) is 42.6 Å². The molecule has 3 N–H and O–H groups in total. The smallest absolute Gasteiger partial charge is 0.337 e. The highest BCUT2D eigenvalue weighted by Crippen LogP contribution is 2.45. The molecule has 0 aliphatic carbocycles. The van der Waals surface area contributed by atoms with Crippen molar-refractivity contribution in [3.63, 3.8) is 0 Å². The highest BCUT2D eigenvalue weighted by atomic mass is 35.5. The summed E-state index contributed by atoms with van der Waals surface area (Å²) in [6.07, 6.45) is 1.72. The van der Waals surface area contributed by atoms with Crippen LogP contribution in [0.4, 0.5) is 4.79 Å². The minimum atomic E-state index is -3.99. The molecule has 2 aromatic carbocycles. The first-order valence-corrected chi connectivity index (χ1v) is 17.4. The SMILES string of the molecule is O=C(NCc1ccc(S(=O)(=O)NNC(=O)N2C=C(c3ccc(C4SCCS4)cc3)SC2)s1)c1ccc(Cl)cc1. The molecule has 3 aromatic rings. The Morgan fingerprint density at radius 1 is 0.974 bits per heavy atom. The van der Waals surface area contributed by atoms with E-state index in [1.807, 2.05) is 23.5 Å². The lowest BCUT2D eigenvalue weighted by Crippen LogP contribution is -2.46. The molecule has 3 amide bonds. The molecule has 3 heterocycles. The van der Waals surface area contributed by atoms with E-state index in [4.69, 9.17) is 11.6 Å². The van der Waals surface area contributed by atoms with Crippen molar-refractivity contribution in [3.8, 4) is 0 Å². The topological polar surface area (TPSA) is 108 Å². The second-order valence-electron chi connectivity index (χ2n) is 8.38. The number of carbonyl (C=O) groups is 2. The van der Waals surface area contributed by atoms with E-state index in [1.165, 1.54) is 39.8 Å². The van der Waals surface area contributed by atoms with Crippen LogP contribution in [0.1, 0.15) is 30.9 Å². The Hall–Kier alpha value is -2.13. The van der Waals surface area contributed by atoms with Crippen molar-refractivity contribution in [2.75, 3.05) is 17.4 Å². The molecule has 0 bridgehead atoms. The number of hydrogen-bond acceptors (Lipinski definition) is 8. The quantitative estimate of drug-likeness (QED) is 0.271. The molecular formula is C25H23ClN4O4S5. The summed E-state index contributed by atoms with van der Waals surface area (Å²) in [5, 5.41) is 3.28. The van der Waals surface area contributed by atoms with Crippen molar-refractivity contribution in [1.82, 2.24) is 20.5 Å². The average molecular weight is 639 g/mol. The molecule has 14 heteroatoms. The Bertz CT molecular complexity index is 1490. The first-order valence-electron chi connectivity index (χ1n) is 11.7. The fourth-order valence-corrected chi connectivity index (χ4v) is 9.78. The number of rotatable bonds is 8. The molecule has 204 valence electrons. The number of benzene rings is 2. The van der Waals surface area contributed by atoms with Gasteiger partial charge in [-0.2, -0.15) is 0 Å². The third kappa shape index (κ3) is 7.15. The fraction of sp³-hybridized carbons (Fsp3) is 0.200. The molecule has 8 nitrogen and oxygen atoms in total. The molecule has 0 unspecified atom stereocenters. The number of hydrazine groups is 1. The maximum absolute atomic E-state index is 12.7. The van der Waals surface area contributed by atoms with Gasteiger partial charge in [0.05, 0.1) is 17.0 Å². The summed E-state index contributed by atoms with van der Waals surface area (Å²) in [6.45, 7) is 0.159. The van der Waals surface area contributed by atoms with Crippen LogP contribution in [0.15, 0.2) is 71.1 Å². The van der Waals surface area contributed by atoms with Gasteiger partial charge in [0.2, 0.25) is 0 Å². The molecule has 0 saturated carbocycles. The van der Waals surface area contributed by atoms with Gasteiger partial charge < -0.3 is 5.32 Å². The van der Waals surface area contributed by atoms with Gasteiger partial charge in [-0.1, -0.05) is 35.9 Å². The first-order chi connectivity index (χ1) is 18.8. The maximum atomic E-state index is 12.7. The van der Waals surface area contributed by atoms with E-state index >= 15 is 0 Å². The fourth-order valence-electron chi connectivity index (χ4n) is 3.69. The number of thioether (sulfide) groups is 3. The summed E-state index contributed by atoms with van der Waals surface area (Å²) >= 11 is 12.3. The van der Waals surface area contributed by atoms with Crippen LogP contribution >= 0.6 is 58.2 Å². The Balaban J connectivity index is 1.13. The number of urea groups is 1. The molecular weight excluding hydrogens is 616 g/mol. The number of hydrogen-bond donors (Lipinski definition) is 3. The normalized spacial score (nSPS) is 15.8. The van der Waals surface area contributed by atoms with Crippen molar-refractivity contribution in [2.45, 2.75) is 15.3 Å². The van der Waals surface area contributed by atoms with Gasteiger partial charge >= 0.3 is 6.03 Å². The summed E-state index contributed by atoms with van der Waals surface area (Å²) in [6, 6.07) is 17.3. The third-order valence-corrected chi connectivity index (χ3v) is 12.9. The molecule has 0 atom stereocenters. The van der Waals surface area contributed by atoms with Crippen LogP contribution < -0.4 is 15.6 Å². The Morgan fingerprint density at radius 2 is 1.69 bits per heavy atom. The molecule has 0 radical (unpaired) electrons. The van der Waals surface area contributed by atoms with Gasteiger partial charge in [-0.3, -0.25) is 15.1 Å². The van der Waals surface area contributed by atoms with E-state index in [-0.39, 0.29) is 16.7 Å². The molecule has 0 spiro atoms. The second kappa shape index (κ2) is 12.6. The number of nitrogens with zero attached hydrogens (tertiary/aromatic N) is 1. The van der Waals surface area contributed by atoms with E-state index in [1.54, 1.807) is 36.5 Å². The number of sulfonamides is 1. The van der Waals surface area contributed by atoms with Crippen LogP contribution in [0, 0.1) is 0 Å². The first kappa shape index (κ1) is 28.4. The standard InChI is InChI=1S/C25H23ClN4O4S5/c26-19-7-5-17(6-8-19)23(31)27-13-20-9-10-22(38-20)39(33,34)29-28-25(32)30-14-21(37-15-30)16-1-3-18(4-2-16)24-35-11-12-36-24/h1-10,14,24,29H,11-13,15H2,(H,27,31)(H,28,32). The molecule has 1 saturated heterocycles. The summed E-state index contributed by atoms with van der Waals surface area (Å²) in [7, 11) is -3.99. The number of amides is 3. The number of carbonyl (C=O) groups excluding carboxylic acids is 2. The zero-order valence-electron chi connectivity index (χ0n) is 20.3. The van der Waals surface area contributed by atoms with E-state index in [2.05, 4.69) is 39.8 Å². The van der Waals surface area contributed by atoms with Crippen molar-refractivity contribution in [3.05, 3.63) is 93.5 Å². The Labute approximate surface area is 248 Å². The van der Waals surface area contributed by atoms with Crippen LogP contribution in [0.2, 0.25) is 5.02 Å². The zero-order valence-corrected chi connectivity index (χ0v) is 25.1. The molecule has 2 aliphatic rings. The number of halogens is 1. The van der Waals surface area contributed by atoms with Crippen LogP contribution in [0.3, 0.4) is 0 Å². The van der Waals surface area contributed by atoms with Gasteiger partial charge in [0.15, 0.2) is 0 Å². The summed E-state index contributed by atoms with van der Waals surface area (Å²) < 4.78 is 25.9. The van der Waals surface area contributed by atoms with E-state index < -0.39 is 16.1 Å². The summed E-state index contributed by atoms with van der Waals surface area (Å²) in [4.78, 5) is 30.1. The highest BCUT2D eigenvalue weighted by Gasteiger charge is 2.24. The third-order valence-electron chi connectivity index (χ3n) is 5.71. The second-order valence-corrected chi connectivity index (χ2v) is 15.6. The van der Waals surface area contributed by atoms with Crippen LogP contribution in [-0.2, 0) is 16.6 Å². The predicted octanol–water partition coefficient (Wildman–Crippen LogP) is 5.72. The minimum absolute atomic E-state index is 0.0178. The average Bonchev–Trinajstić information content (AvgIpc) is 3.73. The molecule has 5 rings (SSSR count). The van der Waals surface area contributed by atoms with Crippen molar-refractivity contribution in [2.24, 2.45) is 0 Å². The molecule has 39 heavy (non-hydrogen) atoms. The molecule has 1 fully saturated rings. The monoisotopic (exact) mass is 638 g/mol. The van der Waals surface area contributed by atoms with E-state index in [0.29, 0.717) is 25.9 Å². The van der Waals surface area contributed by atoms with E-state index in [9.17, 15) is 18.0 Å². The minimum Gasteiger partial charge on any atom is -0.347 e. The van der Waals surface area contributed by atoms with Crippen LogP contribution in [0.25, 0.3) is 4.91 Å². The largest absolute Gasteiger partial charge is 0.347 e. The van der Waals surface area contributed by atoms with Crippen molar-refractivity contribution < 1.29 is 18.0 Å². The summed E-state index contributed by atoms with van der Waals surface area (Å²) in [5.41, 5.74) is 5.03. The van der Waals surface area contributed by atoms with Gasteiger partial charge in [-0.05, 0) is 47.5 Å². The van der Waals surface area contributed by atoms with Gasteiger partial charge in [-0.15, -0.1) is 51.5 Å². The van der Waals surface area contributed by atoms with Gasteiger partial charge in [0.25, 0.3) is 15.9 Å². The number of nitrogens with one attached hydrogen (secondary N) is 3.